The maximum Gasteiger partial charge on any atom is 0.348 e. The molecule has 4 rings (SSSR count). The van der Waals surface area contributed by atoms with Gasteiger partial charge in [-0.3, -0.25) is 0 Å². The number of aromatic nitrogens is 1. The van der Waals surface area contributed by atoms with Gasteiger partial charge in [0.1, 0.15) is 16.0 Å². The van der Waals surface area contributed by atoms with E-state index in [0.717, 1.165) is 24.8 Å². The summed E-state index contributed by atoms with van der Waals surface area (Å²) in [6, 6.07) is 6.23. The maximum absolute atomic E-state index is 14.0. The number of halogens is 1. The average Bonchev–Trinajstić information content (AvgIpc) is 2.92. The van der Waals surface area contributed by atoms with Crippen LogP contribution in [0.15, 0.2) is 33.5 Å². The number of hydrogen-bond acceptors (Lipinski definition) is 4. The Morgan fingerprint density at radius 2 is 2.04 bits per heavy atom. The van der Waals surface area contributed by atoms with Crippen molar-refractivity contribution in [2.45, 2.75) is 40.0 Å². The molecule has 0 aliphatic heterocycles. The molecule has 1 atom stereocenters. The summed E-state index contributed by atoms with van der Waals surface area (Å²) in [5.74, 6) is 0.208. The Kier molecular flexibility index (Phi) is 3.80. The van der Waals surface area contributed by atoms with Gasteiger partial charge in [0, 0.05) is 4.88 Å². The molecule has 2 heterocycles. The van der Waals surface area contributed by atoms with E-state index in [4.69, 9.17) is 4.42 Å². The van der Waals surface area contributed by atoms with Crippen LogP contribution in [0.4, 0.5) is 4.39 Å². The molecule has 2 aromatic heterocycles. The highest BCUT2D eigenvalue weighted by molar-refractivity contribution is 7.18. The van der Waals surface area contributed by atoms with Crippen molar-refractivity contribution < 1.29 is 8.81 Å². The molecule has 0 amide bonds. The second-order valence-electron chi connectivity index (χ2n) is 7.78. The number of nitrogens with zero attached hydrogens (tertiary/aromatic N) is 1. The molecule has 0 fully saturated rings. The molecule has 0 saturated carbocycles. The topological polar surface area (TPSA) is 43.1 Å². The van der Waals surface area contributed by atoms with Gasteiger partial charge in [0.25, 0.3) is 0 Å². The minimum Gasteiger partial charge on any atom is -0.403 e. The highest BCUT2D eigenvalue weighted by Gasteiger charge is 2.32. The summed E-state index contributed by atoms with van der Waals surface area (Å²) in [5, 5.41) is 0.590. The molecular formula is C20H20FNO2S. The van der Waals surface area contributed by atoms with Crippen LogP contribution in [0, 0.1) is 17.2 Å². The smallest absolute Gasteiger partial charge is 0.348 e. The molecule has 1 aliphatic rings. The fourth-order valence-corrected chi connectivity index (χ4v) is 4.89. The first-order valence-electron chi connectivity index (χ1n) is 8.55. The van der Waals surface area contributed by atoms with Crippen molar-refractivity contribution in [3.05, 3.63) is 50.9 Å². The summed E-state index contributed by atoms with van der Waals surface area (Å²) < 4.78 is 19.4. The van der Waals surface area contributed by atoms with Crippen LogP contribution in [0.3, 0.4) is 0 Å². The highest BCUT2D eigenvalue weighted by atomic mass is 32.1. The summed E-state index contributed by atoms with van der Waals surface area (Å²) in [6.07, 6.45) is 2.91. The fourth-order valence-electron chi connectivity index (χ4n) is 3.60. The quantitative estimate of drug-likeness (QED) is 0.601. The predicted molar refractivity (Wildman–Crippen MR) is 98.5 cm³/mol. The van der Waals surface area contributed by atoms with Crippen LogP contribution in [-0.4, -0.2) is 4.98 Å². The van der Waals surface area contributed by atoms with Crippen molar-refractivity contribution in [1.29, 1.82) is 0 Å². The zero-order valence-electron chi connectivity index (χ0n) is 14.6. The Labute approximate surface area is 149 Å². The summed E-state index contributed by atoms with van der Waals surface area (Å²) in [6.45, 7) is 6.79. The van der Waals surface area contributed by atoms with E-state index < -0.39 is 11.4 Å². The first kappa shape index (κ1) is 16.5. The SMILES string of the molecule is CC(C)(C)[C@H]1CCc2c(sc3nc(-c4ccccc4F)oc(=O)c23)C1. The lowest BCUT2D eigenvalue weighted by molar-refractivity contribution is 0.218. The predicted octanol–water partition coefficient (Wildman–Crippen LogP) is 5.21. The van der Waals surface area contributed by atoms with Gasteiger partial charge >= 0.3 is 5.63 Å². The van der Waals surface area contributed by atoms with E-state index >= 15 is 0 Å². The minimum absolute atomic E-state index is 0.0570. The van der Waals surface area contributed by atoms with Gasteiger partial charge in [0.15, 0.2) is 0 Å². The van der Waals surface area contributed by atoms with Crippen LogP contribution >= 0.6 is 11.3 Å². The molecular weight excluding hydrogens is 337 g/mol. The van der Waals surface area contributed by atoms with Crippen molar-refractivity contribution in [2.24, 2.45) is 11.3 Å². The summed E-state index contributed by atoms with van der Waals surface area (Å²) in [4.78, 5) is 18.9. The van der Waals surface area contributed by atoms with Gasteiger partial charge in [-0.05, 0) is 48.3 Å². The van der Waals surface area contributed by atoms with Gasteiger partial charge in [-0.2, -0.15) is 0 Å². The van der Waals surface area contributed by atoms with Crippen molar-refractivity contribution in [3.8, 4) is 11.5 Å². The van der Waals surface area contributed by atoms with Gasteiger partial charge in [0.2, 0.25) is 5.89 Å². The maximum atomic E-state index is 14.0. The van der Waals surface area contributed by atoms with Crippen LogP contribution in [-0.2, 0) is 12.8 Å². The number of rotatable bonds is 1. The molecule has 0 radical (unpaired) electrons. The molecule has 0 spiro atoms. The molecule has 0 N–H and O–H groups in total. The van der Waals surface area contributed by atoms with Gasteiger partial charge in [-0.1, -0.05) is 32.9 Å². The number of thiophene rings is 1. The van der Waals surface area contributed by atoms with Crippen molar-refractivity contribution in [2.75, 3.05) is 0 Å². The number of hydrogen-bond donors (Lipinski definition) is 0. The van der Waals surface area contributed by atoms with Gasteiger partial charge in [-0.25, -0.2) is 14.2 Å². The zero-order chi connectivity index (χ0) is 17.8. The van der Waals surface area contributed by atoms with E-state index in [1.54, 1.807) is 29.5 Å². The molecule has 0 unspecified atom stereocenters. The number of benzene rings is 1. The summed E-state index contributed by atoms with van der Waals surface area (Å²) >= 11 is 1.55. The Morgan fingerprint density at radius 3 is 2.76 bits per heavy atom. The van der Waals surface area contributed by atoms with Crippen LogP contribution < -0.4 is 5.63 Å². The van der Waals surface area contributed by atoms with E-state index in [2.05, 4.69) is 25.8 Å². The lowest BCUT2D eigenvalue weighted by Gasteiger charge is -2.33. The molecule has 0 bridgehead atoms. The van der Waals surface area contributed by atoms with Gasteiger partial charge in [-0.15, -0.1) is 11.3 Å². The first-order valence-corrected chi connectivity index (χ1v) is 9.36. The third-order valence-electron chi connectivity index (χ3n) is 5.17. The minimum atomic E-state index is -0.438. The molecule has 130 valence electrons. The summed E-state index contributed by atoms with van der Waals surface area (Å²) in [7, 11) is 0. The number of aryl methyl sites for hydroxylation is 1. The second-order valence-corrected chi connectivity index (χ2v) is 8.86. The number of fused-ring (bicyclic) bond motifs is 3. The van der Waals surface area contributed by atoms with Crippen molar-refractivity contribution in [3.63, 3.8) is 0 Å². The Morgan fingerprint density at radius 1 is 1.28 bits per heavy atom. The molecule has 3 nitrogen and oxygen atoms in total. The van der Waals surface area contributed by atoms with Crippen LogP contribution in [0.2, 0.25) is 0 Å². The van der Waals surface area contributed by atoms with E-state index in [9.17, 15) is 9.18 Å². The lowest BCUT2D eigenvalue weighted by Crippen LogP contribution is -2.26. The molecule has 1 aliphatic carbocycles. The third kappa shape index (κ3) is 2.80. The molecule has 0 saturated heterocycles. The Hall–Kier alpha value is -2.01. The van der Waals surface area contributed by atoms with E-state index in [0.29, 0.717) is 16.1 Å². The van der Waals surface area contributed by atoms with Crippen LogP contribution in [0.25, 0.3) is 21.7 Å². The Bertz CT molecular complexity index is 1010. The first-order chi connectivity index (χ1) is 11.8. The van der Waals surface area contributed by atoms with Gasteiger partial charge in [0.05, 0.1) is 5.56 Å². The molecule has 1 aromatic carbocycles. The second kappa shape index (κ2) is 5.77. The van der Waals surface area contributed by atoms with Crippen LogP contribution in [0.5, 0.6) is 0 Å². The molecule has 5 heteroatoms. The Balaban J connectivity index is 1.85. The highest BCUT2D eigenvalue weighted by Crippen LogP contribution is 2.42. The largest absolute Gasteiger partial charge is 0.403 e. The van der Waals surface area contributed by atoms with Crippen LogP contribution in [0.1, 0.15) is 37.6 Å². The molecule has 25 heavy (non-hydrogen) atoms. The molecule has 3 aromatic rings. The zero-order valence-corrected chi connectivity index (χ0v) is 15.4. The lowest BCUT2D eigenvalue weighted by atomic mass is 9.72. The van der Waals surface area contributed by atoms with Crippen molar-refractivity contribution >= 4 is 21.6 Å². The average molecular weight is 357 g/mol. The summed E-state index contributed by atoms with van der Waals surface area (Å²) in [5.41, 5.74) is 1.14. The van der Waals surface area contributed by atoms with E-state index in [1.807, 2.05) is 0 Å². The monoisotopic (exact) mass is 357 g/mol. The normalized spacial score (nSPS) is 17.7. The fraction of sp³-hybridized carbons (Fsp3) is 0.400. The van der Waals surface area contributed by atoms with E-state index in [-0.39, 0.29) is 16.9 Å². The third-order valence-corrected chi connectivity index (χ3v) is 6.32. The van der Waals surface area contributed by atoms with E-state index in [1.165, 1.54) is 10.9 Å². The van der Waals surface area contributed by atoms with Crippen molar-refractivity contribution in [1.82, 2.24) is 4.98 Å². The van der Waals surface area contributed by atoms with Gasteiger partial charge < -0.3 is 4.42 Å². The standard InChI is InChI=1S/C20H20FNO2S/c1-20(2,3)11-8-9-13-15(10-11)25-18-16(13)19(23)24-17(22-18)12-6-4-5-7-14(12)21/h4-7,11H,8-10H2,1-3H3/t11-/m0/s1.